The van der Waals surface area contributed by atoms with Crippen molar-refractivity contribution in [2.24, 2.45) is 7.05 Å². The summed E-state index contributed by atoms with van der Waals surface area (Å²) in [4.78, 5) is 24.5. The van der Waals surface area contributed by atoms with E-state index in [4.69, 9.17) is 9.15 Å². The second-order valence-corrected chi connectivity index (χ2v) is 6.75. The Bertz CT molecular complexity index is 1010. The molecule has 0 aliphatic heterocycles. The molecule has 0 amide bonds. The second kappa shape index (κ2) is 6.83. The molecular formula is C21H23NO4. The van der Waals surface area contributed by atoms with Crippen LogP contribution in [0.15, 0.2) is 28.9 Å². The number of aromatic nitrogens is 1. The molecule has 0 aliphatic carbocycles. The quantitative estimate of drug-likeness (QED) is 0.514. The number of carbonyl (C=O) groups excluding carboxylic acids is 2. The zero-order valence-electron chi connectivity index (χ0n) is 15.8. The molecule has 0 unspecified atom stereocenters. The van der Waals surface area contributed by atoms with Crippen LogP contribution < -0.4 is 0 Å². The third kappa shape index (κ3) is 3.17. The molecule has 5 heteroatoms. The Hall–Kier alpha value is -2.82. The topological polar surface area (TPSA) is 61.4 Å². The summed E-state index contributed by atoms with van der Waals surface area (Å²) >= 11 is 0. The predicted molar refractivity (Wildman–Crippen MR) is 99.6 cm³/mol. The first-order valence-electron chi connectivity index (χ1n) is 8.57. The molecule has 0 radical (unpaired) electrons. The average molecular weight is 353 g/mol. The van der Waals surface area contributed by atoms with Crippen LogP contribution in [0.2, 0.25) is 0 Å². The van der Waals surface area contributed by atoms with E-state index < -0.39 is 5.97 Å². The van der Waals surface area contributed by atoms with Gasteiger partial charge in [-0.05, 0) is 44.9 Å². The number of ether oxygens (including phenoxy) is 1. The number of aryl methyl sites for hydroxylation is 3. The first-order chi connectivity index (χ1) is 12.3. The minimum absolute atomic E-state index is 0.0789. The van der Waals surface area contributed by atoms with E-state index in [1.54, 1.807) is 6.26 Å². The molecule has 0 N–H and O–H groups in total. The number of rotatable bonds is 5. The van der Waals surface area contributed by atoms with E-state index >= 15 is 0 Å². The largest absolute Gasteiger partial charge is 0.464 e. The Morgan fingerprint density at radius 2 is 1.88 bits per heavy atom. The molecular weight excluding hydrogens is 330 g/mol. The summed E-state index contributed by atoms with van der Waals surface area (Å²) in [6, 6.07) is 5.78. The lowest BCUT2D eigenvalue weighted by Gasteiger charge is -2.05. The first-order valence-corrected chi connectivity index (χ1v) is 8.57. The van der Waals surface area contributed by atoms with Gasteiger partial charge in [0.25, 0.3) is 0 Å². The summed E-state index contributed by atoms with van der Waals surface area (Å²) in [5, 5.41) is 0.908. The minimum Gasteiger partial charge on any atom is -0.464 e. The van der Waals surface area contributed by atoms with Gasteiger partial charge in [-0.2, -0.15) is 0 Å². The SMILES string of the molecule is Cc1ccc2c(CC(=O)OCC(=O)c3cc(C)n(C)c3C)coc2c1C. The minimum atomic E-state index is -0.440. The molecule has 0 saturated carbocycles. The van der Waals surface area contributed by atoms with Gasteiger partial charge in [-0.3, -0.25) is 9.59 Å². The van der Waals surface area contributed by atoms with Gasteiger partial charge in [-0.15, -0.1) is 0 Å². The van der Waals surface area contributed by atoms with E-state index in [-0.39, 0.29) is 18.8 Å². The van der Waals surface area contributed by atoms with Crippen molar-refractivity contribution in [2.45, 2.75) is 34.1 Å². The van der Waals surface area contributed by atoms with Crippen molar-refractivity contribution < 1.29 is 18.7 Å². The zero-order valence-corrected chi connectivity index (χ0v) is 15.8. The maximum atomic E-state index is 12.3. The number of fused-ring (bicyclic) bond motifs is 1. The Morgan fingerprint density at radius 3 is 2.54 bits per heavy atom. The predicted octanol–water partition coefficient (Wildman–Crippen LogP) is 3.97. The highest BCUT2D eigenvalue weighted by atomic mass is 16.5. The Morgan fingerprint density at radius 1 is 1.15 bits per heavy atom. The van der Waals surface area contributed by atoms with Gasteiger partial charge in [0, 0.05) is 34.9 Å². The van der Waals surface area contributed by atoms with Crippen molar-refractivity contribution in [2.75, 3.05) is 6.61 Å². The van der Waals surface area contributed by atoms with Crippen molar-refractivity contribution in [3.05, 3.63) is 58.1 Å². The number of benzene rings is 1. The molecule has 2 aromatic heterocycles. The molecule has 0 spiro atoms. The van der Waals surface area contributed by atoms with Crippen molar-refractivity contribution in [1.29, 1.82) is 0 Å². The molecule has 3 rings (SSSR count). The molecule has 0 saturated heterocycles. The molecule has 2 heterocycles. The molecule has 0 aliphatic rings. The number of esters is 1. The van der Waals surface area contributed by atoms with Gasteiger partial charge in [0.2, 0.25) is 5.78 Å². The van der Waals surface area contributed by atoms with Gasteiger partial charge in [0.15, 0.2) is 6.61 Å². The van der Waals surface area contributed by atoms with Gasteiger partial charge < -0.3 is 13.7 Å². The number of nitrogens with zero attached hydrogens (tertiary/aromatic N) is 1. The van der Waals surface area contributed by atoms with E-state index in [2.05, 4.69) is 0 Å². The fourth-order valence-corrected chi connectivity index (χ4v) is 3.09. The van der Waals surface area contributed by atoms with Crippen LogP contribution in [0, 0.1) is 27.7 Å². The summed E-state index contributed by atoms with van der Waals surface area (Å²) in [5.74, 6) is -0.632. The lowest BCUT2D eigenvalue weighted by molar-refractivity contribution is -0.141. The summed E-state index contributed by atoms with van der Waals surface area (Å²) in [6.07, 6.45) is 1.67. The lowest BCUT2D eigenvalue weighted by atomic mass is 10.0. The molecule has 3 aromatic rings. The number of furan rings is 1. The number of ketones is 1. The van der Waals surface area contributed by atoms with Crippen LogP contribution in [0.3, 0.4) is 0 Å². The molecule has 26 heavy (non-hydrogen) atoms. The molecule has 0 atom stereocenters. The summed E-state index contributed by atoms with van der Waals surface area (Å²) in [7, 11) is 1.90. The van der Waals surface area contributed by atoms with Crippen LogP contribution >= 0.6 is 0 Å². The van der Waals surface area contributed by atoms with E-state index in [0.717, 1.165) is 39.0 Å². The average Bonchev–Trinajstić information content (AvgIpc) is 3.13. The number of hydrogen-bond donors (Lipinski definition) is 0. The molecule has 0 fully saturated rings. The van der Waals surface area contributed by atoms with Crippen molar-refractivity contribution in [3.8, 4) is 0 Å². The smallest absolute Gasteiger partial charge is 0.310 e. The Kier molecular flexibility index (Phi) is 4.72. The van der Waals surface area contributed by atoms with Crippen LogP contribution in [0.4, 0.5) is 0 Å². The van der Waals surface area contributed by atoms with Crippen molar-refractivity contribution in [1.82, 2.24) is 4.57 Å². The number of carbonyl (C=O) groups is 2. The molecule has 136 valence electrons. The highest BCUT2D eigenvalue weighted by Gasteiger charge is 2.18. The normalized spacial score (nSPS) is 11.1. The third-order valence-corrected chi connectivity index (χ3v) is 5.12. The Balaban J connectivity index is 1.67. The number of hydrogen-bond acceptors (Lipinski definition) is 4. The highest BCUT2D eigenvalue weighted by Crippen LogP contribution is 2.27. The van der Waals surface area contributed by atoms with Crippen LogP contribution in [0.25, 0.3) is 11.0 Å². The van der Waals surface area contributed by atoms with Crippen LogP contribution in [-0.4, -0.2) is 22.9 Å². The Labute approximate surface area is 152 Å². The van der Waals surface area contributed by atoms with Crippen LogP contribution in [0.5, 0.6) is 0 Å². The highest BCUT2D eigenvalue weighted by molar-refractivity contribution is 5.99. The van der Waals surface area contributed by atoms with Gasteiger partial charge >= 0.3 is 5.97 Å². The fourth-order valence-electron chi connectivity index (χ4n) is 3.09. The summed E-state index contributed by atoms with van der Waals surface area (Å²) < 4.78 is 12.8. The van der Waals surface area contributed by atoms with E-state index in [1.807, 2.05) is 57.5 Å². The van der Waals surface area contributed by atoms with E-state index in [1.165, 1.54) is 0 Å². The first kappa shape index (κ1) is 18.0. The third-order valence-electron chi connectivity index (χ3n) is 5.12. The van der Waals surface area contributed by atoms with Gasteiger partial charge in [-0.1, -0.05) is 12.1 Å². The zero-order chi connectivity index (χ0) is 19.0. The molecule has 5 nitrogen and oxygen atoms in total. The van der Waals surface area contributed by atoms with Crippen molar-refractivity contribution >= 4 is 22.7 Å². The monoisotopic (exact) mass is 353 g/mol. The lowest BCUT2D eigenvalue weighted by Crippen LogP contribution is -2.16. The van der Waals surface area contributed by atoms with E-state index in [0.29, 0.717) is 5.56 Å². The maximum Gasteiger partial charge on any atom is 0.310 e. The molecule has 0 bridgehead atoms. The van der Waals surface area contributed by atoms with Crippen LogP contribution in [-0.2, 0) is 23.0 Å². The van der Waals surface area contributed by atoms with Crippen molar-refractivity contribution in [3.63, 3.8) is 0 Å². The summed E-state index contributed by atoms with van der Waals surface area (Å²) in [5.41, 5.74) is 6.22. The van der Waals surface area contributed by atoms with Crippen LogP contribution in [0.1, 0.15) is 38.4 Å². The fraction of sp³-hybridized carbons (Fsp3) is 0.333. The second-order valence-electron chi connectivity index (χ2n) is 6.75. The molecule has 1 aromatic carbocycles. The summed E-state index contributed by atoms with van der Waals surface area (Å²) in [6.45, 7) is 7.57. The van der Waals surface area contributed by atoms with Gasteiger partial charge in [-0.25, -0.2) is 0 Å². The number of Topliss-reactive ketones (excluding diaryl/α,β-unsaturated/α-hetero) is 1. The van der Waals surface area contributed by atoms with Gasteiger partial charge in [0.1, 0.15) is 5.58 Å². The van der Waals surface area contributed by atoms with E-state index in [9.17, 15) is 9.59 Å². The maximum absolute atomic E-state index is 12.3. The standard InChI is InChI=1S/C21H23NO4/c1-12-6-7-17-16(10-26-21(17)14(12)3)9-20(24)25-11-19(23)18-8-13(2)22(5)15(18)4/h6-8,10H,9,11H2,1-5H3. The van der Waals surface area contributed by atoms with Gasteiger partial charge in [0.05, 0.1) is 12.7 Å².